The first-order chi connectivity index (χ1) is 7.63. The highest BCUT2D eigenvalue weighted by Crippen LogP contribution is 2.06. The van der Waals surface area contributed by atoms with E-state index in [9.17, 15) is 9.59 Å². The number of likely N-dealkylation sites (N-methyl/N-ethyl adjacent to an activating group) is 1. The monoisotopic (exact) mass is 240 g/mol. The summed E-state index contributed by atoms with van der Waals surface area (Å²) in [5, 5.41) is 9.17. The molecule has 1 rings (SSSR count). The highest BCUT2D eigenvalue weighted by Gasteiger charge is 2.14. The minimum absolute atomic E-state index is 0.128. The fourth-order valence-corrected chi connectivity index (χ4v) is 1.93. The first-order valence-corrected chi connectivity index (χ1v) is 6.16. The van der Waals surface area contributed by atoms with Crippen LogP contribution in [0.15, 0.2) is 16.8 Å². The molecule has 16 heavy (non-hydrogen) atoms. The quantitative estimate of drug-likeness (QED) is 0.804. The van der Waals surface area contributed by atoms with Gasteiger partial charge < -0.3 is 10.6 Å². The number of carbonyl (C=O) groups is 2. The third-order valence-corrected chi connectivity index (χ3v) is 2.80. The molecule has 0 radical (unpaired) electrons. The van der Waals surface area contributed by atoms with Crippen LogP contribution >= 0.6 is 11.3 Å². The Labute approximate surface area is 99.0 Å². The Hall–Kier alpha value is -1.36. The van der Waals surface area contributed by atoms with Crippen LogP contribution in [0.4, 0.5) is 0 Å². The molecule has 1 aromatic rings. The van der Waals surface area contributed by atoms with E-state index in [4.69, 9.17) is 0 Å². The summed E-state index contributed by atoms with van der Waals surface area (Å²) in [6.07, 6.45) is 0.327. The molecule has 0 spiro atoms. The first kappa shape index (κ1) is 12.7. The Morgan fingerprint density at radius 3 is 2.81 bits per heavy atom. The summed E-state index contributed by atoms with van der Waals surface area (Å²) < 4.78 is 0. The second-order valence-electron chi connectivity index (χ2n) is 3.49. The maximum atomic E-state index is 11.5. The Bertz CT molecular complexity index is 349. The molecule has 88 valence electrons. The first-order valence-electron chi connectivity index (χ1n) is 5.21. The van der Waals surface area contributed by atoms with E-state index in [1.54, 1.807) is 18.3 Å². The van der Waals surface area contributed by atoms with Crippen molar-refractivity contribution < 1.29 is 9.59 Å². The molecule has 0 aromatic carbocycles. The van der Waals surface area contributed by atoms with Crippen LogP contribution < -0.4 is 10.6 Å². The lowest BCUT2D eigenvalue weighted by Gasteiger charge is -2.12. The zero-order valence-corrected chi connectivity index (χ0v) is 10.3. The minimum Gasteiger partial charge on any atom is -0.355 e. The predicted octanol–water partition coefficient (Wildman–Crippen LogP) is 0.931. The van der Waals surface area contributed by atoms with E-state index in [-0.39, 0.29) is 11.8 Å². The van der Waals surface area contributed by atoms with Crippen LogP contribution in [0.5, 0.6) is 0 Å². The second-order valence-corrected chi connectivity index (χ2v) is 4.27. The summed E-state index contributed by atoms with van der Waals surface area (Å²) in [4.78, 5) is 22.9. The van der Waals surface area contributed by atoms with Gasteiger partial charge in [0.15, 0.2) is 0 Å². The summed E-state index contributed by atoms with van der Waals surface area (Å²) in [5.74, 6) is -0.279. The average molecular weight is 240 g/mol. The van der Waals surface area contributed by atoms with Crippen LogP contribution in [0.1, 0.15) is 19.4 Å². The number of hydrogen-bond donors (Lipinski definition) is 2. The summed E-state index contributed by atoms with van der Waals surface area (Å²) in [6.45, 7) is 4.10. The molecule has 1 unspecified atom stereocenters. The van der Waals surface area contributed by atoms with Crippen LogP contribution in [-0.4, -0.2) is 24.4 Å². The molecule has 0 saturated heterocycles. The zero-order valence-electron chi connectivity index (χ0n) is 9.45. The minimum atomic E-state index is -0.480. The molecule has 2 amide bonds. The van der Waals surface area contributed by atoms with E-state index >= 15 is 0 Å². The molecule has 0 aliphatic heterocycles. The topological polar surface area (TPSA) is 58.2 Å². The third-order valence-electron chi connectivity index (χ3n) is 2.07. The van der Waals surface area contributed by atoms with Crippen LogP contribution in [0.25, 0.3) is 0 Å². The number of carbonyl (C=O) groups excluding carboxylic acids is 2. The van der Waals surface area contributed by atoms with Gasteiger partial charge in [0, 0.05) is 6.54 Å². The summed E-state index contributed by atoms with van der Waals surface area (Å²) in [5.41, 5.74) is 0.977. The molecular weight excluding hydrogens is 224 g/mol. The van der Waals surface area contributed by atoms with Gasteiger partial charge in [0.1, 0.15) is 6.04 Å². The zero-order chi connectivity index (χ0) is 12.0. The fourth-order valence-electron chi connectivity index (χ4n) is 1.26. The summed E-state index contributed by atoms with van der Waals surface area (Å²) >= 11 is 1.56. The van der Waals surface area contributed by atoms with Gasteiger partial charge in [-0.3, -0.25) is 9.59 Å². The fraction of sp³-hybridized carbons (Fsp3) is 0.455. The Morgan fingerprint density at radius 2 is 2.25 bits per heavy atom. The third kappa shape index (κ3) is 4.02. The molecule has 1 atom stereocenters. The molecule has 1 aromatic heterocycles. The standard InChI is InChI=1S/C11H16N2O2S/c1-3-12-11(15)8(2)13-10(14)6-9-4-5-16-7-9/h4-5,7-8H,3,6H2,1-2H3,(H,12,15)(H,13,14). The second kappa shape index (κ2) is 6.27. The summed E-state index contributed by atoms with van der Waals surface area (Å²) in [7, 11) is 0. The molecule has 0 fully saturated rings. The number of amides is 2. The van der Waals surface area contributed by atoms with Gasteiger partial charge in [-0.05, 0) is 36.2 Å². The highest BCUT2D eigenvalue weighted by molar-refractivity contribution is 7.07. The Morgan fingerprint density at radius 1 is 1.50 bits per heavy atom. The number of thiophene rings is 1. The molecule has 0 bridgehead atoms. The van der Waals surface area contributed by atoms with Gasteiger partial charge in [0.05, 0.1) is 6.42 Å². The lowest BCUT2D eigenvalue weighted by Crippen LogP contribution is -2.45. The van der Waals surface area contributed by atoms with Crippen molar-refractivity contribution in [2.45, 2.75) is 26.3 Å². The van der Waals surface area contributed by atoms with E-state index in [1.807, 2.05) is 23.8 Å². The van der Waals surface area contributed by atoms with E-state index in [0.29, 0.717) is 13.0 Å². The van der Waals surface area contributed by atoms with Crippen molar-refractivity contribution in [2.75, 3.05) is 6.54 Å². The Kier molecular flexibility index (Phi) is 4.98. The van der Waals surface area contributed by atoms with E-state index < -0.39 is 6.04 Å². The largest absolute Gasteiger partial charge is 0.355 e. The molecular formula is C11H16N2O2S. The van der Waals surface area contributed by atoms with Gasteiger partial charge in [0.2, 0.25) is 11.8 Å². The molecule has 0 aliphatic rings. The van der Waals surface area contributed by atoms with Crippen LogP contribution in [-0.2, 0) is 16.0 Å². The number of hydrogen-bond acceptors (Lipinski definition) is 3. The molecule has 0 saturated carbocycles. The van der Waals surface area contributed by atoms with Gasteiger partial charge >= 0.3 is 0 Å². The van der Waals surface area contributed by atoms with Gasteiger partial charge in [-0.1, -0.05) is 0 Å². The van der Waals surface area contributed by atoms with Crippen molar-refractivity contribution in [1.82, 2.24) is 10.6 Å². The number of rotatable bonds is 5. The molecule has 0 aliphatic carbocycles. The lowest BCUT2D eigenvalue weighted by atomic mass is 10.2. The van der Waals surface area contributed by atoms with Gasteiger partial charge in [-0.25, -0.2) is 0 Å². The Balaban J connectivity index is 2.36. The van der Waals surface area contributed by atoms with Crippen molar-refractivity contribution in [3.63, 3.8) is 0 Å². The molecule has 2 N–H and O–H groups in total. The van der Waals surface area contributed by atoms with Crippen molar-refractivity contribution in [3.05, 3.63) is 22.4 Å². The molecule has 1 heterocycles. The van der Waals surface area contributed by atoms with Crippen LogP contribution in [0, 0.1) is 0 Å². The summed E-state index contributed by atoms with van der Waals surface area (Å²) in [6, 6.07) is 1.42. The van der Waals surface area contributed by atoms with E-state index in [0.717, 1.165) is 5.56 Å². The molecule has 5 heteroatoms. The maximum Gasteiger partial charge on any atom is 0.242 e. The average Bonchev–Trinajstić information content (AvgIpc) is 2.70. The maximum absolute atomic E-state index is 11.5. The smallest absolute Gasteiger partial charge is 0.242 e. The van der Waals surface area contributed by atoms with Crippen molar-refractivity contribution in [2.24, 2.45) is 0 Å². The van der Waals surface area contributed by atoms with Gasteiger partial charge in [-0.15, -0.1) is 0 Å². The van der Waals surface area contributed by atoms with E-state index in [2.05, 4.69) is 10.6 Å². The molecule has 4 nitrogen and oxygen atoms in total. The highest BCUT2D eigenvalue weighted by atomic mass is 32.1. The lowest BCUT2D eigenvalue weighted by molar-refractivity contribution is -0.128. The SMILES string of the molecule is CCNC(=O)C(C)NC(=O)Cc1ccsc1. The predicted molar refractivity (Wildman–Crippen MR) is 64.3 cm³/mol. The van der Waals surface area contributed by atoms with Crippen molar-refractivity contribution in [3.8, 4) is 0 Å². The van der Waals surface area contributed by atoms with E-state index in [1.165, 1.54) is 0 Å². The van der Waals surface area contributed by atoms with Crippen LogP contribution in [0.2, 0.25) is 0 Å². The van der Waals surface area contributed by atoms with Gasteiger partial charge in [0.25, 0.3) is 0 Å². The van der Waals surface area contributed by atoms with Gasteiger partial charge in [-0.2, -0.15) is 11.3 Å². The number of nitrogens with one attached hydrogen (secondary N) is 2. The van der Waals surface area contributed by atoms with Crippen LogP contribution in [0.3, 0.4) is 0 Å². The van der Waals surface area contributed by atoms with Crippen molar-refractivity contribution >= 4 is 23.2 Å². The normalized spacial score (nSPS) is 11.9. The van der Waals surface area contributed by atoms with Crippen molar-refractivity contribution in [1.29, 1.82) is 0 Å².